The first-order valence-electron chi connectivity index (χ1n) is 17.8. The SMILES string of the molecule is C=CCCC(=O)N(C)[C@@H](C)[C@@H](OC(=O)[C@H]1[C@@H]2O[C@@]3(CC2Br)[C@@H]1C(=O)N([C@@H](CC)CO)[C@@H]3C(=O)N(CC=C)C1CCCCC1)c1ccccc1. The molecule has 1 spiro atoms. The van der Waals surface area contributed by atoms with E-state index >= 15 is 0 Å². The number of esters is 1. The monoisotopic (exact) mass is 741 g/mol. The molecule has 1 aromatic carbocycles. The topological polar surface area (TPSA) is 117 Å². The van der Waals surface area contributed by atoms with Crippen LogP contribution in [0.3, 0.4) is 0 Å². The molecular weight excluding hydrogens is 690 g/mol. The van der Waals surface area contributed by atoms with Crippen LogP contribution in [0.25, 0.3) is 0 Å². The molecular formula is C38H52BrN3O7. The summed E-state index contributed by atoms with van der Waals surface area (Å²) in [6, 6.07) is 7.13. The van der Waals surface area contributed by atoms with Gasteiger partial charge in [-0.05, 0) is 44.6 Å². The Morgan fingerprint density at radius 3 is 2.47 bits per heavy atom. The number of allylic oxidation sites excluding steroid dienone is 1. The highest BCUT2D eigenvalue weighted by Crippen LogP contribution is 2.61. The standard InChI is InChI=1S/C38H52BrN3O7/c1-6-9-20-29(44)40(5)24(4)32(25-16-12-10-13-17-25)48-37(47)30-31-35(45)42(26(8-3)23-43)34(38(31)22-28(39)33(30)49-38)36(46)41(21-7-2)27-18-14-11-15-19-27/h6-7,10,12-13,16-17,24,26-28,30-34,43H,1-2,8-9,11,14-15,18-23H2,3-5H3/t24-,26-,28?,30+,31-,32+,33+,34+,38-/m0/s1. The Kier molecular flexibility index (Phi) is 12.1. The van der Waals surface area contributed by atoms with E-state index in [1.165, 1.54) is 4.90 Å². The van der Waals surface area contributed by atoms with Crippen molar-refractivity contribution in [3.05, 3.63) is 61.2 Å². The van der Waals surface area contributed by atoms with Crippen molar-refractivity contribution < 1.29 is 33.8 Å². The van der Waals surface area contributed by atoms with Crippen molar-refractivity contribution >= 4 is 39.6 Å². The van der Waals surface area contributed by atoms with E-state index in [1.54, 1.807) is 24.1 Å². The lowest BCUT2D eigenvalue weighted by Gasteiger charge is -2.42. The predicted octanol–water partition coefficient (Wildman–Crippen LogP) is 4.95. The van der Waals surface area contributed by atoms with E-state index in [0.717, 1.165) is 32.1 Å². The largest absolute Gasteiger partial charge is 0.455 e. The van der Waals surface area contributed by atoms with Crippen LogP contribution in [0.1, 0.15) is 83.3 Å². The number of hydrogen-bond donors (Lipinski definition) is 1. The minimum absolute atomic E-state index is 0.0132. The second-order valence-electron chi connectivity index (χ2n) is 14.1. The Hall–Kier alpha value is -3.02. The zero-order chi connectivity index (χ0) is 35.5. The first-order valence-corrected chi connectivity index (χ1v) is 18.8. The number of likely N-dealkylation sites (N-methyl/N-ethyl adjacent to an activating group) is 1. The molecule has 2 bridgehead atoms. The maximum Gasteiger partial charge on any atom is 0.313 e. The van der Waals surface area contributed by atoms with Gasteiger partial charge in [0.15, 0.2) is 0 Å². The number of benzene rings is 1. The summed E-state index contributed by atoms with van der Waals surface area (Å²) in [5, 5.41) is 10.5. The number of aliphatic hydroxyl groups is 1. The Balaban J connectivity index is 1.51. The first-order chi connectivity index (χ1) is 23.6. The number of amides is 3. The minimum Gasteiger partial charge on any atom is -0.455 e. The molecule has 1 saturated carbocycles. The van der Waals surface area contributed by atoms with Crippen molar-refractivity contribution in [3.63, 3.8) is 0 Å². The van der Waals surface area contributed by atoms with Gasteiger partial charge in [-0.15, -0.1) is 13.2 Å². The van der Waals surface area contributed by atoms with Crippen molar-refractivity contribution in [2.24, 2.45) is 11.8 Å². The fraction of sp³-hybridized carbons (Fsp3) is 0.632. The zero-order valence-corrected chi connectivity index (χ0v) is 30.6. The summed E-state index contributed by atoms with van der Waals surface area (Å²) in [4.78, 5) is 61.7. The molecule has 1 aromatic rings. The Bertz CT molecular complexity index is 1380. The molecule has 1 unspecified atom stereocenters. The molecule has 9 atom stereocenters. The van der Waals surface area contributed by atoms with Crippen molar-refractivity contribution in [1.29, 1.82) is 0 Å². The van der Waals surface area contributed by atoms with Gasteiger partial charge in [-0.25, -0.2) is 0 Å². The molecule has 268 valence electrons. The van der Waals surface area contributed by atoms with Crippen molar-refractivity contribution in [2.45, 2.75) is 118 Å². The van der Waals surface area contributed by atoms with E-state index in [0.29, 0.717) is 31.4 Å². The first kappa shape index (κ1) is 37.2. The van der Waals surface area contributed by atoms with Crippen LogP contribution in [0.4, 0.5) is 0 Å². The summed E-state index contributed by atoms with van der Waals surface area (Å²) in [6.07, 6.45) is 8.39. The fourth-order valence-corrected chi connectivity index (χ4v) is 9.60. The number of ether oxygens (including phenoxy) is 2. The Labute approximate surface area is 299 Å². The zero-order valence-electron chi connectivity index (χ0n) is 29.0. The van der Waals surface area contributed by atoms with Gasteiger partial charge >= 0.3 is 5.97 Å². The second kappa shape index (κ2) is 15.9. The molecule has 10 nitrogen and oxygen atoms in total. The fourth-order valence-electron chi connectivity index (χ4n) is 8.65. The molecule has 4 fully saturated rings. The molecule has 3 aliphatic heterocycles. The van der Waals surface area contributed by atoms with Crippen molar-refractivity contribution in [3.8, 4) is 0 Å². The van der Waals surface area contributed by atoms with Gasteiger partial charge in [-0.1, -0.05) is 84.6 Å². The van der Waals surface area contributed by atoms with Gasteiger partial charge in [0.05, 0.1) is 36.6 Å². The molecule has 1 N–H and O–H groups in total. The highest BCUT2D eigenvalue weighted by molar-refractivity contribution is 9.09. The number of likely N-dealkylation sites (tertiary alicyclic amines) is 1. The summed E-state index contributed by atoms with van der Waals surface area (Å²) in [5.41, 5.74) is -0.564. The third-order valence-corrected chi connectivity index (χ3v) is 12.2. The van der Waals surface area contributed by atoms with Crippen LogP contribution in [0, 0.1) is 11.8 Å². The van der Waals surface area contributed by atoms with E-state index in [9.17, 15) is 24.3 Å². The summed E-state index contributed by atoms with van der Waals surface area (Å²) >= 11 is 3.76. The van der Waals surface area contributed by atoms with E-state index < -0.39 is 53.7 Å². The van der Waals surface area contributed by atoms with Crippen molar-refractivity contribution in [1.82, 2.24) is 14.7 Å². The number of fused-ring (bicyclic) bond motifs is 1. The molecule has 11 heteroatoms. The van der Waals surface area contributed by atoms with Crippen LogP contribution in [-0.4, -0.2) is 104 Å². The van der Waals surface area contributed by atoms with Gasteiger partial charge in [0.25, 0.3) is 0 Å². The molecule has 3 saturated heterocycles. The van der Waals surface area contributed by atoms with Crippen LogP contribution in [0.2, 0.25) is 0 Å². The number of rotatable bonds is 15. The molecule has 4 aliphatic rings. The van der Waals surface area contributed by atoms with Gasteiger partial charge in [0, 0.05) is 30.9 Å². The molecule has 0 aromatic heterocycles. The van der Waals surface area contributed by atoms with Gasteiger partial charge in [-0.3, -0.25) is 19.2 Å². The van der Waals surface area contributed by atoms with E-state index in [2.05, 4.69) is 29.1 Å². The van der Waals surface area contributed by atoms with Crippen LogP contribution < -0.4 is 0 Å². The third-order valence-electron chi connectivity index (χ3n) is 11.3. The molecule has 3 heterocycles. The number of carbonyl (C=O) groups excluding carboxylic acids is 4. The van der Waals surface area contributed by atoms with Crippen LogP contribution in [0.5, 0.6) is 0 Å². The second-order valence-corrected chi connectivity index (χ2v) is 15.2. The molecule has 1 aliphatic carbocycles. The normalized spacial score (nSPS) is 29.5. The third kappa shape index (κ3) is 6.87. The number of aliphatic hydroxyl groups excluding tert-OH is 1. The van der Waals surface area contributed by atoms with Gasteiger partial charge in [-0.2, -0.15) is 0 Å². The average molecular weight is 743 g/mol. The average Bonchev–Trinajstić information content (AvgIpc) is 3.72. The van der Waals surface area contributed by atoms with Crippen LogP contribution in [-0.2, 0) is 28.7 Å². The number of alkyl halides is 1. The van der Waals surface area contributed by atoms with E-state index in [-0.39, 0.29) is 41.6 Å². The minimum atomic E-state index is -1.28. The van der Waals surface area contributed by atoms with Gasteiger partial charge < -0.3 is 29.3 Å². The smallest absolute Gasteiger partial charge is 0.313 e. The molecule has 5 rings (SSSR count). The number of halogens is 1. The Morgan fingerprint density at radius 1 is 1.16 bits per heavy atom. The quantitative estimate of drug-likeness (QED) is 0.154. The summed E-state index contributed by atoms with van der Waals surface area (Å²) in [6.45, 7) is 11.4. The summed E-state index contributed by atoms with van der Waals surface area (Å²) < 4.78 is 13.1. The van der Waals surface area contributed by atoms with Crippen LogP contribution in [0.15, 0.2) is 55.6 Å². The highest BCUT2D eigenvalue weighted by atomic mass is 79.9. The number of carbonyl (C=O) groups is 4. The lowest BCUT2D eigenvalue weighted by Crippen LogP contribution is -2.60. The maximum atomic E-state index is 14.8. The number of nitrogens with zero attached hydrogens (tertiary/aromatic N) is 3. The lowest BCUT2D eigenvalue weighted by molar-refractivity contribution is -0.165. The van der Waals surface area contributed by atoms with E-state index in [4.69, 9.17) is 9.47 Å². The summed E-state index contributed by atoms with van der Waals surface area (Å²) in [7, 11) is 1.69. The molecule has 3 amide bonds. The lowest BCUT2D eigenvalue weighted by atomic mass is 9.70. The van der Waals surface area contributed by atoms with E-state index in [1.807, 2.05) is 49.1 Å². The highest BCUT2D eigenvalue weighted by Gasteiger charge is 2.77. The van der Waals surface area contributed by atoms with Gasteiger partial charge in [0.2, 0.25) is 17.7 Å². The van der Waals surface area contributed by atoms with Crippen molar-refractivity contribution in [2.75, 3.05) is 20.2 Å². The van der Waals surface area contributed by atoms with Crippen LogP contribution >= 0.6 is 15.9 Å². The Morgan fingerprint density at radius 2 is 1.86 bits per heavy atom. The molecule has 49 heavy (non-hydrogen) atoms. The predicted molar refractivity (Wildman–Crippen MR) is 189 cm³/mol. The number of hydrogen-bond acceptors (Lipinski definition) is 7. The van der Waals surface area contributed by atoms with Gasteiger partial charge in [0.1, 0.15) is 17.7 Å². The summed E-state index contributed by atoms with van der Waals surface area (Å²) in [5.74, 6) is -3.27. The molecule has 0 radical (unpaired) electrons. The maximum absolute atomic E-state index is 14.8.